The number of amides is 2. The van der Waals surface area contributed by atoms with Crippen molar-refractivity contribution in [1.82, 2.24) is 10.1 Å². The van der Waals surface area contributed by atoms with Crippen molar-refractivity contribution in [3.05, 3.63) is 35.9 Å². The summed E-state index contributed by atoms with van der Waals surface area (Å²) in [7, 11) is 0. The molecule has 2 amide bonds. The van der Waals surface area contributed by atoms with Gasteiger partial charge in [0.2, 0.25) is 5.91 Å². The molecule has 146 valence electrons. The van der Waals surface area contributed by atoms with Gasteiger partial charge in [0, 0.05) is 18.2 Å². The second-order valence-electron chi connectivity index (χ2n) is 7.59. The fraction of sp³-hybridized carbons (Fsp3) is 0.400. The molecule has 1 aliphatic rings. The Labute approximate surface area is 163 Å². The number of nitrogens with one attached hydrogen (secondary N) is 1. The first-order valence-corrected chi connectivity index (χ1v) is 9.04. The van der Waals surface area contributed by atoms with Gasteiger partial charge in [-0.3, -0.25) is 9.69 Å². The summed E-state index contributed by atoms with van der Waals surface area (Å²) in [5.74, 6) is 0.343. The number of hydrogen-bond acceptors (Lipinski definition) is 6. The first-order valence-electron chi connectivity index (χ1n) is 9.04. The molecule has 2 aromatic rings. The van der Waals surface area contributed by atoms with E-state index in [-0.39, 0.29) is 11.7 Å². The average molecular weight is 382 g/mol. The lowest BCUT2D eigenvalue weighted by Crippen LogP contribution is -2.45. The zero-order valence-corrected chi connectivity index (χ0v) is 16.1. The minimum absolute atomic E-state index is 0.249. The van der Waals surface area contributed by atoms with Gasteiger partial charge < -0.3 is 14.6 Å². The van der Waals surface area contributed by atoms with E-state index in [1.807, 2.05) is 0 Å². The van der Waals surface area contributed by atoms with E-state index in [0.29, 0.717) is 29.9 Å². The van der Waals surface area contributed by atoms with E-state index in [9.17, 15) is 9.59 Å². The molecule has 28 heavy (non-hydrogen) atoms. The van der Waals surface area contributed by atoms with Gasteiger partial charge in [-0.05, 0) is 45.7 Å². The third-order valence-electron chi connectivity index (χ3n) is 4.22. The number of anilines is 1. The third kappa shape index (κ3) is 4.49. The summed E-state index contributed by atoms with van der Waals surface area (Å²) in [5, 5.41) is 15.6. The molecule has 0 saturated carbocycles. The highest BCUT2D eigenvalue weighted by molar-refractivity contribution is 5.96. The molecule has 1 aromatic carbocycles. The predicted octanol–water partition coefficient (Wildman–Crippen LogP) is 3.55. The van der Waals surface area contributed by atoms with Crippen LogP contribution in [0.15, 0.2) is 34.9 Å². The van der Waals surface area contributed by atoms with Gasteiger partial charge >= 0.3 is 6.09 Å². The number of carbonyl (C=O) groups excluding carboxylic acids is 2. The van der Waals surface area contributed by atoms with Gasteiger partial charge in [-0.25, -0.2) is 4.79 Å². The Morgan fingerprint density at radius 1 is 1.36 bits per heavy atom. The van der Waals surface area contributed by atoms with Crippen molar-refractivity contribution in [3.63, 3.8) is 0 Å². The van der Waals surface area contributed by atoms with Crippen LogP contribution in [0.2, 0.25) is 0 Å². The lowest BCUT2D eigenvalue weighted by atomic mass is 10.1. The summed E-state index contributed by atoms with van der Waals surface area (Å²) in [5.41, 5.74) is 0.557. The number of nitrogens with zero attached hydrogens (tertiary/aromatic N) is 3. The van der Waals surface area contributed by atoms with Crippen LogP contribution < -0.4 is 5.32 Å². The largest absolute Gasteiger partial charge is 0.444 e. The Hall–Kier alpha value is -3.34. The maximum atomic E-state index is 12.7. The summed E-state index contributed by atoms with van der Waals surface area (Å²) in [6.45, 7) is 5.83. The number of aromatic nitrogens is 1. The van der Waals surface area contributed by atoms with Gasteiger partial charge in [0.15, 0.2) is 11.6 Å². The number of carbonyl (C=O) groups is 2. The normalized spacial score (nSPS) is 16.5. The van der Waals surface area contributed by atoms with E-state index in [1.54, 1.807) is 51.1 Å². The molecule has 1 atom stereocenters. The SMILES string of the molecule is CC(C)(C)OC(=O)N1CCCC1C(=O)Nc1cc(-c2cccc(C#N)c2)on1. The van der Waals surface area contributed by atoms with E-state index in [1.165, 1.54) is 4.90 Å². The van der Waals surface area contributed by atoms with E-state index in [4.69, 9.17) is 14.5 Å². The number of nitriles is 1. The maximum Gasteiger partial charge on any atom is 0.410 e. The standard InChI is InChI=1S/C20H22N4O4/c1-20(2,3)27-19(26)24-9-5-8-15(24)18(25)22-17-11-16(28-23-17)14-7-4-6-13(10-14)12-21/h4,6-7,10-11,15H,5,8-9H2,1-3H3,(H,22,23,25). The third-order valence-corrected chi connectivity index (χ3v) is 4.22. The lowest BCUT2D eigenvalue weighted by molar-refractivity contribution is -0.120. The van der Waals surface area contributed by atoms with E-state index < -0.39 is 17.7 Å². The smallest absolute Gasteiger partial charge is 0.410 e. The Balaban J connectivity index is 1.68. The Morgan fingerprint density at radius 2 is 2.14 bits per heavy atom. The van der Waals surface area contributed by atoms with Crippen LogP contribution in [0.25, 0.3) is 11.3 Å². The highest BCUT2D eigenvalue weighted by Crippen LogP contribution is 2.25. The maximum absolute atomic E-state index is 12.7. The lowest BCUT2D eigenvalue weighted by Gasteiger charge is -2.27. The summed E-state index contributed by atoms with van der Waals surface area (Å²) < 4.78 is 10.7. The van der Waals surface area contributed by atoms with Crippen molar-refractivity contribution in [2.24, 2.45) is 0 Å². The van der Waals surface area contributed by atoms with Crippen molar-refractivity contribution in [1.29, 1.82) is 5.26 Å². The van der Waals surface area contributed by atoms with Crippen LogP contribution >= 0.6 is 0 Å². The minimum Gasteiger partial charge on any atom is -0.444 e. The molecule has 0 spiro atoms. The molecule has 1 unspecified atom stereocenters. The summed E-state index contributed by atoms with van der Waals surface area (Å²) in [6, 6.07) is 9.92. The van der Waals surface area contributed by atoms with Crippen LogP contribution in [0.5, 0.6) is 0 Å². The minimum atomic E-state index is -0.625. The number of ether oxygens (including phenoxy) is 1. The van der Waals surface area contributed by atoms with Gasteiger partial charge in [0.25, 0.3) is 0 Å². The monoisotopic (exact) mass is 382 g/mol. The number of likely N-dealkylation sites (tertiary alicyclic amines) is 1. The molecule has 1 aromatic heterocycles. The molecule has 1 fully saturated rings. The van der Waals surface area contributed by atoms with Crippen molar-refractivity contribution in [3.8, 4) is 17.4 Å². The molecule has 8 heteroatoms. The van der Waals surface area contributed by atoms with Crippen LogP contribution in [0.1, 0.15) is 39.2 Å². The van der Waals surface area contributed by atoms with Crippen LogP contribution in [0.3, 0.4) is 0 Å². The summed E-state index contributed by atoms with van der Waals surface area (Å²) >= 11 is 0. The molecule has 0 aliphatic carbocycles. The van der Waals surface area contributed by atoms with Gasteiger partial charge in [-0.1, -0.05) is 17.3 Å². The summed E-state index contributed by atoms with van der Waals surface area (Å²) in [4.78, 5) is 26.4. The number of rotatable bonds is 3. The highest BCUT2D eigenvalue weighted by atomic mass is 16.6. The molecule has 2 heterocycles. The van der Waals surface area contributed by atoms with Crippen LogP contribution in [-0.4, -0.2) is 40.2 Å². The van der Waals surface area contributed by atoms with Gasteiger partial charge in [-0.15, -0.1) is 0 Å². The van der Waals surface area contributed by atoms with Gasteiger partial charge in [0.1, 0.15) is 11.6 Å². The molecule has 0 radical (unpaired) electrons. The van der Waals surface area contributed by atoms with E-state index in [0.717, 1.165) is 6.42 Å². The van der Waals surface area contributed by atoms with Crippen molar-refractivity contribution in [2.45, 2.75) is 45.3 Å². The Bertz CT molecular complexity index is 923. The fourth-order valence-electron chi connectivity index (χ4n) is 3.00. The average Bonchev–Trinajstić information content (AvgIpc) is 3.30. The topological polar surface area (TPSA) is 108 Å². The van der Waals surface area contributed by atoms with Crippen LogP contribution in [-0.2, 0) is 9.53 Å². The van der Waals surface area contributed by atoms with E-state index >= 15 is 0 Å². The zero-order chi connectivity index (χ0) is 20.3. The molecular formula is C20H22N4O4. The Morgan fingerprint density at radius 3 is 2.86 bits per heavy atom. The highest BCUT2D eigenvalue weighted by Gasteiger charge is 2.36. The zero-order valence-electron chi connectivity index (χ0n) is 16.1. The molecule has 1 aliphatic heterocycles. The quantitative estimate of drug-likeness (QED) is 0.869. The fourth-order valence-corrected chi connectivity index (χ4v) is 3.00. The molecule has 1 N–H and O–H groups in total. The van der Waals surface area contributed by atoms with Crippen LogP contribution in [0.4, 0.5) is 10.6 Å². The second-order valence-corrected chi connectivity index (χ2v) is 7.59. The first kappa shape index (κ1) is 19.4. The molecule has 1 saturated heterocycles. The van der Waals surface area contributed by atoms with Crippen molar-refractivity contribution < 1.29 is 18.8 Å². The molecule has 8 nitrogen and oxygen atoms in total. The summed E-state index contributed by atoms with van der Waals surface area (Å²) in [6.07, 6.45) is 0.779. The molecule has 3 rings (SSSR count). The number of benzene rings is 1. The van der Waals surface area contributed by atoms with Gasteiger partial charge in [-0.2, -0.15) is 5.26 Å². The Kier molecular flexibility index (Phi) is 5.36. The predicted molar refractivity (Wildman–Crippen MR) is 101 cm³/mol. The molecule has 0 bridgehead atoms. The van der Waals surface area contributed by atoms with Crippen molar-refractivity contribution in [2.75, 3.05) is 11.9 Å². The van der Waals surface area contributed by atoms with Crippen molar-refractivity contribution >= 4 is 17.8 Å². The first-order chi connectivity index (χ1) is 13.3. The van der Waals surface area contributed by atoms with Gasteiger partial charge in [0.05, 0.1) is 11.6 Å². The molecular weight excluding hydrogens is 360 g/mol. The number of hydrogen-bond donors (Lipinski definition) is 1. The second kappa shape index (κ2) is 7.72. The van der Waals surface area contributed by atoms with Crippen LogP contribution in [0, 0.1) is 11.3 Å². The van der Waals surface area contributed by atoms with E-state index in [2.05, 4.69) is 16.5 Å².